The summed E-state index contributed by atoms with van der Waals surface area (Å²) in [5.41, 5.74) is -0.283. The molecule has 3 aromatic rings. The van der Waals surface area contributed by atoms with Gasteiger partial charge in [-0.05, 0) is 23.8 Å². The van der Waals surface area contributed by atoms with Gasteiger partial charge in [0.25, 0.3) is 15.9 Å². The lowest BCUT2D eigenvalue weighted by atomic mass is 9.94. The van der Waals surface area contributed by atoms with E-state index in [2.05, 4.69) is 10.3 Å². The Bertz CT molecular complexity index is 1310. The van der Waals surface area contributed by atoms with Crippen LogP contribution in [0.5, 0.6) is 0 Å². The number of carbonyl (C=O) groups is 1. The maximum Gasteiger partial charge on any atom is 0.417 e. The van der Waals surface area contributed by atoms with Crippen molar-refractivity contribution in [2.75, 3.05) is 13.1 Å². The first kappa shape index (κ1) is 24.2. The lowest BCUT2D eigenvalue weighted by molar-refractivity contribution is -0.137. The van der Waals surface area contributed by atoms with Crippen LogP contribution in [0.25, 0.3) is 0 Å². The summed E-state index contributed by atoms with van der Waals surface area (Å²) in [6.07, 6.45) is -1.87. The Morgan fingerprint density at radius 1 is 1.15 bits per heavy atom. The molecule has 4 rings (SSSR count). The highest BCUT2D eigenvalue weighted by Crippen LogP contribution is 2.35. The number of imidazole rings is 1. The number of benzene rings is 2. The monoisotopic (exact) mass is 512 g/mol. The van der Waals surface area contributed by atoms with Gasteiger partial charge in [0.15, 0.2) is 5.03 Å². The minimum Gasteiger partial charge on any atom is -0.347 e. The Balaban J connectivity index is 1.61. The fourth-order valence-corrected chi connectivity index (χ4v) is 5.69. The second-order valence-electron chi connectivity index (χ2n) is 7.99. The highest BCUT2D eigenvalue weighted by Gasteiger charge is 2.42. The van der Waals surface area contributed by atoms with E-state index in [0.717, 1.165) is 23.8 Å². The number of amides is 1. The molecule has 0 bridgehead atoms. The molecule has 12 heteroatoms. The largest absolute Gasteiger partial charge is 0.417 e. The molecule has 0 spiro atoms. The molecule has 34 heavy (non-hydrogen) atoms. The van der Waals surface area contributed by atoms with Gasteiger partial charge in [0, 0.05) is 37.8 Å². The number of sulfonamides is 1. The van der Waals surface area contributed by atoms with E-state index >= 15 is 0 Å². The molecule has 0 radical (unpaired) electrons. The van der Waals surface area contributed by atoms with Crippen molar-refractivity contribution in [1.82, 2.24) is 19.2 Å². The third-order valence-electron chi connectivity index (χ3n) is 5.65. The summed E-state index contributed by atoms with van der Waals surface area (Å²) in [5, 5.41) is 2.08. The van der Waals surface area contributed by atoms with E-state index in [-0.39, 0.29) is 29.6 Å². The number of alkyl halides is 3. The number of halogens is 4. The SMILES string of the molecule is Cn1cnc(S(=O)(=O)N2CC(NC(=O)c3ccc(C(F)(F)F)c(Cl)c3)C(c3ccccc3)C2)c1. The number of aromatic nitrogens is 2. The molecular weight excluding hydrogens is 493 g/mol. The second kappa shape index (κ2) is 9.05. The van der Waals surface area contributed by atoms with Crippen molar-refractivity contribution < 1.29 is 26.4 Å². The molecular formula is C22H20ClF3N4O3S. The first-order valence-corrected chi connectivity index (χ1v) is 12.0. The maximum atomic E-state index is 13.1. The van der Waals surface area contributed by atoms with Crippen LogP contribution in [0.15, 0.2) is 66.1 Å². The van der Waals surface area contributed by atoms with Gasteiger partial charge in [0.05, 0.1) is 23.0 Å². The van der Waals surface area contributed by atoms with Crippen molar-refractivity contribution in [2.24, 2.45) is 7.05 Å². The first-order chi connectivity index (χ1) is 16.0. The molecule has 1 aliphatic heterocycles. The number of nitrogens with zero attached hydrogens (tertiary/aromatic N) is 3. The fourth-order valence-electron chi connectivity index (χ4n) is 3.94. The van der Waals surface area contributed by atoms with Crippen LogP contribution < -0.4 is 5.32 Å². The molecule has 180 valence electrons. The number of nitrogens with one attached hydrogen (secondary N) is 1. The zero-order valence-corrected chi connectivity index (χ0v) is 19.4. The summed E-state index contributed by atoms with van der Waals surface area (Å²) < 4.78 is 68.0. The number of aryl methyl sites for hydroxylation is 1. The van der Waals surface area contributed by atoms with Crippen LogP contribution in [-0.4, -0.2) is 47.3 Å². The predicted octanol–water partition coefficient (Wildman–Crippen LogP) is 3.68. The summed E-state index contributed by atoms with van der Waals surface area (Å²) in [5.74, 6) is -1.04. The Kier molecular flexibility index (Phi) is 6.45. The molecule has 2 unspecified atom stereocenters. The van der Waals surface area contributed by atoms with Crippen molar-refractivity contribution in [2.45, 2.75) is 23.2 Å². The van der Waals surface area contributed by atoms with E-state index in [1.54, 1.807) is 19.2 Å². The Morgan fingerprint density at radius 3 is 2.44 bits per heavy atom. The van der Waals surface area contributed by atoms with Gasteiger partial charge in [0.2, 0.25) is 0 Å². The van der Waals surface area contributed by atoms with Crippen molar-refractivity contribution in [1.29, 1.82) is 0 Å². The zero-order valence-electron chi connectivity index (χ0n) is 17.8. The van der Waals surface area contributed by atoms with Crippen molar-refractivity contribution in [3.05, 3.63) is 82.8 Å². The molecule has 2 heterocycles. The zero-order chi connectivity index (χ0) is 24.7. The van der Waals surface area contributed by atoms with E-state index in [1.807, 2.05) is 18.2 Å². The van der Waals surface area contributed by atoms with Gasteiger partial charge in [-0.15, -0.1) is 0 Å². The van der Waals surface area contributed by atoms with E-state index in [1.165, 1.54) is 21.4 Å². The molecule has 0 saturated carbocycles. The number of carbonyl (C=O) groups excluding carboxylic acids is 1. The molecule has 1 aromatic heterocycles. The van der Waals surface area contributed by atoms with Gasteiger partial charge in [-0.3, -0.25) is 4.79 Å². The van der Waals surface area contributed by atoms with Crippen molar-refractivity contribution >= 4 is 27.5 Å². The number of hydrogen-bond donors (Lipinski definition) is 1. The highest BCUT2D eigenvalue weighted by atomic mass is 35.5. The number of rotatable bonds is 5. The maximum absolute atomic E-state index is 13.1. The second-order valence-corrected chi connectivity index (χ2v) is 10.3. The minimum absolute atomic E-state index is 0.0292. The van der Waals surface area contributed by atoms with Crippen LogP contribution in [0.4, 0.5) is 13.2 Å². The van der Waals surface area contributed by atoms with Crippen LogP contribution in [0.3, 0.4) is 0 Å². The third-order valence-corrected chi connectivity index (χ3v) is 7.68. The van der Waals surface area contributed by atoms with Crippen molar-refractivity contribution in [3.63, 3.8) is 0 Å². The molecule has 2 atom stereocenters. The summed E-state index contributed by atoms with van der Waals surface area (Å²) in [4.78, 5) is 16.8. The van der Waals surface area contributed by atoms with E-state index < -0.39 is 38.7 Å². The lowest BCUT2D eigenvalue weighted by Crippen LogP contribution is -2.40. The molecule has 1 saturated heterocycles. The fraction of sp³-hybridized carbons (Fsp3) is 0.273. The molecule has 2 aromatic carbocycles. The smallest absolute Gasteiger partial charge is 0.347 e. The molecule has 7 nitrogen and oxygen atoms in total. The number of hydrogen-bond acceptors (Lipinski definition) is 4. The normalized spacial score (nSPS) is 19.3. The quantitative estimate of drug-likeness (QED) is 0.565. The Hall–Kier alpha value is -2.89. The van der Waals surface area contributed by atoms with Gasteiger partial charge >= 0.3 is 6.18 Å². The van der Waals surface area contributed by atoms with Crippen LogP contribution in [0.2, 0.25) is 5.02 Å². The van der Waals surface area contributed by atoms with E-state index in [9.17, 15) is 26.4 Å². The van der Waals surface area contributed by atoms with Gasteiger partial charge in [0.1, 0.15) is 0 Å². The average Bonchev–Trinajstić information content (AvgIpc) is 3.40. The first-order valence-electron chi connectivity index (χ1n) is 10.2. The van der Waals surface area contributed by atoms with Gasteiger partial charge < -0.3 is 9.88 Å². The molecule has 1 amide bonds. The average molecular weight is 513 g/mol. The van der Waals surface area contributed by atoms with Gasteiger partial charge in [-0.25, -0.2) is 13.4 Å². The predicted molar refractivity (Wildman–Crippen MR) is 119 cm³/mol. The van der Waals surface area contributed by atoms with Crippen LogP contribution in [-0.2, 0) is 23.2 Å². The Labute approximate surface area is 199 Å². The lowest BCUT2D eigenvalue weighted by Gasteiger charge is -2.20. The molecule has 1 N–H and O–H groups in total. The van der Waals surface area contributed by atoms with Crippen LogP contribution in [0.1, 0.15) is 27.4 Å². The molecule has 1 fully saturated rings. The highest BCUT2D eigenvalue weighted by molar-refractivity contribution is 7.89. The van der Waals surface area contributed by atoms with Crippen LogP contribution in [0, 0.1) is 0 Å². The summed E-state index contributed by atoms with van der Waals surface area (Å²) in [6, 6.07) is 11.2. The molecule has 0 aliphatic carbocycles. The minimum atomic E-state index is -4.64. The van der Waals surface area contributed by atoms with Gasteiger partial charge in [-0.1, -0.05) is 41.9 Å². The van der Waals surface area contributed by atoms with E-state index in [4.69, 9.17) is 11.6 Å². The summed E-state index contributed by atoms with van der Waals surface area (Å²) in [7, 11) is -2.26. The standard InChI is InChI=1S/C22H20ClF3N4O3S/c1-29-12-20(27-13-29)34(32,33)30-10-16(14-5-3-2-4-6-14)19(11-30)28-21(31)15-7-8-17(18(23)9-15)22(24,25)26/h2-9,12-13,16,19H,10-11H2,1H3,(H,28,31). The summed E-state index contributed by atoms with van der Waals surface area (Å²) in [6.45, 7) is 0.0697. The van der Waals surface area contributed by atoms with Crippen LogP contribution >= 0.6 is 11.6 Å². The molecule has 1 aliphatic rings. The topological polar surface area (TPSA) is 84.3 Å². The van der Waals surface area contributed by atoms with E-state index in [0.29, 0.717) is 0 Å². The van der Waals surface area contributed by atoms with Crippen molar-refractivity contribution in [3.8, 4) is 0 Å². The third kappa shape index (κ3) is 4.82. The Morgan fingerprint density at radius 2 is 1.85 bits per heavy atom. The summed E-state index contributed by atoms with van der Waals surface area (Å²) >= 11 is 5.76. The van der Waals surface area contributed by atoms with Gasteiger partial charge in [-0.2, -0.15) is 17.5 Å².